The lowest BCUT2D eigenvalue weighted by atomic mass is 9.82. The smallest absolute Gasteiger partial charge is 0.229 e. The van der Waals surface area contributed by atoms with Crippen LogP contribution in [0, 0.1) is 5.41 Å². The van der Waals surface area contributed by atoms with E-state index < -0.39 is 0 Å². The second kappa shape index (κ2) is 5.53. The number of nitrogen functional groups attached to an aromatic ring is 1. The summed E-state index contributed by atoms with van der Waals surface area (Å²) in [5.74, 6) is 0.395. The summed E-state index contributed by atoms with van der Waals surface area (Å²) in [6, 6.07) is 7.07. The van der Waals surface area contributed by atoms with E-state index in [0.717, 1.165) is 0 Å². The molecular weight excluding hydrogens is 256 g/mol. The first-order chi connectivity index (χ1) is 9.37. The maximum absolute atomic E-state index is 11.9. The summed E-state index contributed by atoms with van der Waals surface area (Å²) < 4.78 is 5.51. The number of nitrogens with zero attached hydrogens (tertiary/aromatic N) is 1. The van der Waals surface area contributed by atoms with Gasteiger partial charge in [-0.25, -0.2) is 0 Å². The van der Waals surface area contributed by atoms with E-state index in [9.17, 15) is 9.59 Å². The van der Waals surface area contributed by atoms with Gasteiger partial charge in [0.2, 0.25) is 11.8 Å². The summed E-state index contributed by atoms with van der Waals surface area (Å²) in [4.78, 5) is 25.2. The third-order valence-corrected chi connectivity index (χ3v) is 3.30. The zero-order chi connectivity index (χ0) is 14.8. The Bertz CT molecular complexity index is 506. The SMILES string of the molecule is CC1(C)CC(=O)N(CCOc2cccc(N)c2)C(=O)C1. The highest BCUT2D eigenvalue weighted by atomic mass is 16.5. The summed E-state index contributed by atoms with van der Waals surface area (Å²) in [5, 5.41) is 0. The van der Waals surface area contributed by atoms with Gasteiger partial charge >= 0.3 is 0 Å². The molecule has 0 aliphatic carbocycles. The van der Waals surface area contributed by atoms with Crippen LogP contribution >= 0.6 is 0 Å². The zero-order valence-electron chi connectivity index (χ0n) is 11.9. The Hall–Kier alpha value is -2.04. The molecule has 0 unspecified atom stereocenters. The quantitative estimate of drug-likeness (QED) is 0.672. The van der Waals surface area contributed by atoms with Crippen molar-refractivity contribution >= 4 is 17.5 Å². The van der Waals surface area contributed by atoms with Crippen molar-refractivity contribution in [2.75, 3.05) is 18.9 Å². The molecule has 1 aliphatic heterocycles. The second-order valence-corrected chi connectivity index (χ2v) is 5.88. The molecule has 2 N–H and O–H groups in total. The first-order valence-corrected chi connectivity index (χ1v) is 6.69. The minimum absolute atomic E-state index is 0.123. The number of nitrogens with two attached hydrogens (primary N) is 1. The van der Waals surface area contributed by atoms with E-state index in [2.05, 4.69) is 0 Å². The molecule has 2 amide bonds. The molecule has 20 heavy (non-hydrogen) atoms. The number of hydrogen-bond acceptors (Lipinski definition) is 4. The molecular formula is C15H20N2O3. The van der Waals surface area contributed by atoms with Crippen LogP contribution in [-0.4, -0.2) is 29.9 Å². The zero-order valence-corrected chi connectivity index (χ0v) is 11.9. The Morgan fingerprint density at radius 3 is 2.50 bits per heavy atom. The van der Waals surface area contributed by atoms with Crippen LogP contribution in [0.4, 0.5) is 5.69 Å². The average molecular weight is 276 g/mol. The van der Waals surface area contributed by atoms with Crippen molar-refractivity contribution in [1.29, 1.82) is 0 Å². The van der Waals surface area contributed by atoms with Gasteiger partial charge in [-0.2, -0.15) is 0 Å². The van der Waals surface area contributed by atoms with E-state index >= 15 is 0 Å². The third-order valence-electron chi connectivity index (χ3n) is 3.30. The van der Waals surface area contributed by atoms with Crippen LogP contribution < -0.4 is 10.5 Å². The topological polar surface area (TPSA) is 72.6 Å². The summed E-state index contributed by atoms with van der Waals surface area (Å²) in [6.07, 6.45) is 0.800. The highest BCUT2D eigenvalue weighted by molar-refractivity contribution is 5.98. The van der Waals surface area contributed by atoms with Crippen LogP contribution in [0.3, 0.4) is 0 Å². The van der Waals surface area contributed by atoms with Gasteiger partial charge in [-0.1, -0.05) is 19.9 Å². The predicted octanol–water partition coefficient (Wildman–Crippen LogP) is 1.82. The van der Waals surface area contributed by atoms with E-state index in [1.54, 1.807) is 24.3 Å². The fraction of sp³-hybridized carbons (Fsp3) is 0.467. The average Bonchev–Trinajstić information content (AvgIpc) is 2.31. The van der Waals surface area contributed by atoms with Crippen molar-refractivity contribution in [3.8, 4) is 5.75 Å². The molecule has 1 fully saturated rings. The number of likely N-dealkylation sites (tertiary alicyclic amines) is 1. The molecule has 0 bridgehead atoms. The predicted molar refractivity (Wildman–Crippen MR) is 76.1 cm³/mol. The molecule has 1 heterocycles. The standard InChI is InChI=1S/C15H20N2O3/c1-15(2)9-13(18)17(14(19)10-15)6-7-20-12-5-3-4-11(16)8-12/h3-5,8H,6-7,9-10,16H2,1-2H3. The van der Waals surface area contributed by atoms with E-state index in [4.69, 9.17) is 10.5 Å². The van der Waals surface area contributed by atoms with E-state index in [1.807, 2.05) is 13.8 Å². The van der Waals surface area contributed by atoms with Crippen molar-refractivity contribution in [1.82, 2.24) is 4.90 Å². The van der Waals surface area contributed by atoms with Crippen LogP contribution in [0.5, 0.6) is 5.75 Å². The van der Waals surface area contributed by atoms with Gasteiger partial charge in [0.05, 0.1) is 6.54 Å². The van der Waals surface area contributed by atoms with Crippen molar-refractivity contribution < 1.29 is 14.3 Å². The number of amides is 2. The van der Waals surface area contributed by atoms with Gasteiger partial charge < -0.3 is 10.5 Å². The lowest BCUT2D eigenvalue weighted by molar-refractivity contribution is -0.152. The van der Waals surface area contributed by atoms with Crippen molar-refractivity contribution in [2.45, 2.75) is 26.7 Å². The summed E-state index contributed by atoms with van der Waals surface area (Å²) >= 11 is 0. The third kappa shape index (κ3) is 3.50. The minimum atomic E-state index is -0.237. The maximum atomic E-state index is 11.9. The van der Waals surface area contributed by atoms with Gasteiger partial charge in [0.15, 0.2) is 0 Å². The number of carbonyl (C=O) groups excluding carboxylic acids is 2. The summed E-state index contributed by atoms with van der Waals surface area (Å²) in [6.45, 7) is 4.43. The maximum Gasteiger partial charge on any atom is 0.229 e. The van der Waals surface area contributed by atoms with Crippen LogP contribution in [0.1, 0.15) is 26.7 Å². The van der Waals surface area contributed by atoms with Gasteiger partial charge in [0.1, 0.15) is 12.4 Å². The molecule has 1 aromatic rings. The Labute approximate surface area is 118 Å². The lowest BCUT2D eigenvalue weighted by Crippen LogP contribution is -2.47. The van der Waals surface area contributed by atoms with Gasteiger partial charge in [-0.05, 0) is 17.5 Å². The molecule has 5 nitrogen and oxygen atoms in total. The van der Waals surface area contributed by atoms with Crippen LogP contribution in [0.25, 0.3) is 0 Å². The van der Waals surface area contributed by atoms with E-state index in [0.29, 0.717) is 24.3 Å². The van der Waals surface area contributed by atoms with Crippen molar-refractivity contribution in [3.63, 3.8) is 0 Å². The van der Waals surface area contributed by atoms with Crippen molar-refractivity contribution in [3.05, 3.63) is 24.3 Å². The Kier molecular flexibility index (Phi) is 3.97. The minimum Gasteiger partial charge on any atom is -0.492 e. The molecule has 0 saturated carbocycles. The fourth-order valence-electron chi connectivity index (χ4n) is 2.32. The van der Waals surface area contributed by atoms with Crippen LogP contribution in [0.15, 0.2) is 24.3 Å². The number of imide groups is 1. The normalized spacial score (nSPS) is 18.2. The molecule has 0 spiro atoms. The Balaban J connectivity index is 1.88. The highest BCUT2D eigenvalue weighted by Crippen LogP contribution is 2.31. The Morgan fingerprint density at radius 1 is 1.25 bits per heavy atom. The monoisotopic (exact) mass is 276 g/mol. The van der Waals surface area contributed by atoms with Crippen molar-refractivity contribution in [2.24, 2.45) is 5.41 Å². The fourth-order valence-corrected chi connectivity index (χ4v) is 2.32. The molecule has 108 valence electrons. The number of hydrogen-bond donors (Lipinski definition) is 1. The number of piperidine rings is 1. The second-order valence-electron chi connectivity index (χ2n) is 5.88. The summed E-state index contributed by atoms with van der Waals surface area (Å²) in [7, 11) is 0. The highest BCUT2D eigenvalue weighted by Gasteiger charge is 2.37. The Morgan fingerprint density at radius 2 is 1.90 bits per heavy atom. The number of anilines is 1. The van der Waals surface area contributed by atoms with Crippen LogP contribution in [0.2, 0.25) is 0 Å². The molecule has 1 aromatic carbocycles. The van der Waals surface area contributed by atoms with E-state index in [1.165, 1.54) is 4.90 Å². The van der Waals surface area contributed by atoms with Gasteiger partial charge in [0, 0.05) is 24.6 Å². The molecule has 0 radical (unpaired) electrons. The molecule has 1 aliphatic rings. The molecule has 2 rings (SSSR count). The van der Waals surface area contributed by atoms with Crippen LogP contribution in [-0.2, 0) is 9.59 Å². The molecule has 5 heteroatoms. The molecule has 0 atom stereocenters. The first-order valence-electron chi connectivity index (χ1n) is 6.69. The largest absolute Gasteiger partial charge is 0.492 e. The van der Waals surface area contributed by atoms with Gasteiger partial charge in [-0.3, -0.25) is 14.5 Å². The summed E-state index contributed by atoms with van der Waals surface area (Å²) in [5.41, 5.74) is 6.03. The number of benzene rings is 1. The molecule has 0 aromatic heterocycles. The number of carbonyl (C=O) groups is 2. The lowest BCUT2D eigenvalue weighted by Gasteiger charge is -2.34. The number of rotatable bonds is 4. The van der Waals surface area contributed by atoms with E-state index in [-0.39, 0.29) is 30.4 Å². The molecule has 1 saturated heterocycles. The van der Waals surface area contributed by atoms with Gasteiger partial charge in [0.25, 0.3) is 0 Å². The number of ether oxygens (including phenoxy) is 1. The first kappa shape index (κ1) is 14.4. The van der Waals surface area contributed by atoms with Gasteiger partial charge in [-0.15, -0.1) is 0 Å².